The molecule has 1 aliphatic rings. The molecule has 0 atom stereocenters. The maximum atomic E-state index is 4.85. The number of imidazole rings is 1. The van der Waals surface area contributed by atoms with Crippen molar-refractivity contribution in [1.82, 2.24) is 9.38 Å². The highest BCUT2D eigenvalue weighted by molar-refractivity contribution is 9.10. The van der Waals surface area contributed by atoms with Gasteiger partial charge in [-0.05, 0) is 37.1 Å². The van der Waals surface area contributed by atoms with Crippen molar-refractivity contribution in [2.45, 2.75) is 31.7 Å². The third-order valence-corrected chi connectivity index (χ3v) is 4.82. The molecule has 0 saturated heterocycles. The quantitative estimate of drug-likeness (QED) is 0.706. The number of rotatable bonds is 3. The van der Waals surface area contributed by atoms with E-state index in [9.17, 15) is 0 Å². The maximum absolute atomic E-state index is 4.85. The summed E-state index contributed by atoms with van der Waals surface area (Å²) in [6.07, 6.45) is 7.22. The van der Waals surface area contributed by atoms with E-state index in [0.717, 1.165) is 27.2 Å². The summed E-state index contributed by atoms with van der Waals surface area (Å²) in [6.45, 7) is 0. The first-order chi connectivity index (χ1) is 10.8. The van der Waals surface area contributed by atoms with Crippen LogP contribution < -0.4 is 5.32 Å². The van der Waals surface area contributed by atoms with Crippen molar-refractivity contribution in [3.63, 3.8) is 0 Å². The molecule has 0 unspecified atom stereocenters. The number of anilines is 1. The minimum absolute atomic E-state index is 0.561. The average molecular weight is 356 g/mol. The van der Waals surface area contributed by atoms with E-state index in [1.165, 1.54) is 25.7 Å². The van der Waals surface area contributed by atoms with Gasteiger partial charge in [0.25, 0.3) is 0 Å². The summed E-state index contributed by atoms with van der Waals surface area (Å²) in [6, 6.07) is 15.1. The molecule has 112 valence electrons. The standard InChI is InChI=1S/C18H18BrN3/c19-14-7-5-6-13(12-14)17-18(20-15-8-1-2-9-15)22-11-4-3-10-16(22)21-17/h3-7,10-12,15,20H,1-2,8-9H2. The van der Waals surface area contributed by atoms with Gasteiger partial charge in [-0.25, -0.2) is 4.98 Å². The molecule has 1 aromatic carbocycles. The van der Waals surface area contributed by atoms with Crippen molar-refractivity contribution in [2.75, 3.05) is 5.32 Å². The van der Waals surface area contributed by atoms with E-state index in [0.29, 0.717) is 6.04 Å². The molecule has 0 bridgehead atoms. The number of halogens is 1. The molecule has 1 fully saturated rings. The van der Waals surface area contributed by atoms with Crippen LogP contribution in [0.5, 0.6) is 0 Å². The lowest BCUT2D eigenvalue weighted by Gasteiger charge is -2.14. The van der Waals surface area contributed by atoms with E-state index in [1.54, 1.807) is 0 Å². The highest BCUT2D eigenvalue weighted by atomic mass is 79.9. The Morgan fingerprint density at radius 1 is 1.09 bits per heavy atom. The molecule has 1 N–H and O–H groups in total. The first-order valence-corrected chi connectivity index (χ1v) is 8.60. The highest BCUT2D eigenvalue weighted by Crippen LogP contribution is 2.32. The van der Waals surface area contributed by atoms with Crippen molar-refractivity contribution >= 4 is 27.4 Å². The van der Waals surface area contributed by atoms with E-state index in [-0.39, 0.29) is 0 Å². The second-order valence-corrected chi connectivity index (χ2v) is 6.79. The van der Waals surface area contributed by atoms with Crippen LogP contribution in [0.15, 0.2) is 53.1 Å². The molecule has 1 saturated carbocycles. The Labute approximate surface area is 138 Å². The Hall–Kier alpha value is -1.81. The van der Waals surface area contributed by atoms with Crippen molar-refractivity contribution < 1.29 is 0 Å². The lowest BCUT2D eigenvalue weighted by atomic mass is 10.1. The van der Waals surface area contributed by atoms with Crippen molar-refractivity contribution in [3.8, 4) is 11.3 Å². The topological polar surface area (TPSA) is 29.3 Å². The smallest absolute Gasteiger partial charge is 0.139 e. The molecule has 0 amide bonds. The van der Waals surface area contributed by atoms with Crippen LogP contribution >= 0.6 is 15.9 Å². The number of hydrogen-bond donors (Lipinski definition) is 1. The van der Waals surface area contributed by atoms with Gasteiger partial charge >= 0.3 is 0 Å². The summed E-state index contributed by atoms with van der Waals surface area (Å²) >= 11 is 3.56. The lowest BCUT2D eigenvalue weighted by Crippen LogP contribution is -2.16. The second-order valence-electron chi connectivity index (χ2n) is 5.87. The van der Waals surface area contributed by atoms with Crippen LogP contribution in [0.4, 0.5) is 5.82 Å². The van der Waals surface area contributed by atoms with Gasteiger partial charge in [-0.1, -0.05) is 47.0 Å². The van der Waals surface area contributed by atoms with Crippen molar-refractivity contribution in [2.24, 2.45) is 0 Å². The fraction of sp³-hybridized carbons (Fsp3) is 0.278. The van der Waals surface area contributed by atoms with Gasteiger partial charge in [0.2, 0.25) is 0 Å². The summed E-state index contributed by atoms with van der Waals surface area (Å²) in [5.74, 6) is 1.11. The third-order valence-electron chi connectivity index (χ3n) is 4.32. The number of benzene rings is 1. The number of hydrogen-bond acceptors (Lipinski definition) is 2. The fourth-order valence-corrected chi connectivity index (χ4v) is 3.63. The van der Waals surface area contributed by atoms with Gasteiger partial charge < -0.3 is 5.32 Å². The third kappa shape index (κ3) is 2.52. The minimum Gasteiger partial charge on any atom is -0.367 e. The summed E-state index contributed by atoms with van der Waals surface area (Å²) in [5.41, 5.74) is 3.15. The Morgan fingerprint density at radius 3 is 2.77 bits per heavy atom. The van der Waals surface area contributed by atoms with Crippen LogP contribution in [0.1, 0.15) is 25.7 Å². The zero-order chi connectivity index (χ0) is 14.9. The summed E-state index contributed by atoms with van der Waals surface area (Å²) in [5, 5.41) is 3.74. The molecule has 4 rings (SSSR count). The average Bonchev–Trinajstić information content (AvgIpc) is 3.16. The molecule has 1 aliphatic carbocycles. The molecule has 3 aromatic rings. The molecule has 0 spiro atoms. The first-order valence-electron chi connectivity index (χ1n) is 7.81. The number of pyridine rings is 1. The van der Waals surface area contributed by atoms with Crippen LogP contribution in [0.2, 0.25) is 0 Å². The summed E-state index contributed by atoms with van der Waals surface area (Å²) in [4.78, 5) is 4.85. The number of nitrogens with one attached hydrogen (secondary N) is 1. The molecule has 0 aliphatic heterocycles. The normalized spacial score (nSPS) is 15.5. The molecular formula is C18H18BrN3. The number of aromatic nitrogens is 2. The van der Waals surface area contributed by atoms with Crippen LogP contribution in [0.3, 0.4) is 0 Å². The van der Waals surface area contributed by atoms with E-state index in [1.807, 2.05) is 12.1 Å². The zero-order valence-electron chi connectivity index (χ0n) is 12.3. The zero-order valence-corrected chi connectivity index (χ0v) is 13.9. The molecule has 4 heteroatoms. The van der Waals surface area contributed by atoms with Gasteiger partial charge in [-0.2, -0.15) is 0 Å². The van der Waals surface area contributed by atoms with Gasteiger partial charge in [0.15, 0.2) is 0 Å². The van der Waals surface area contributed by atoms with Gasteiger partial charge in [0.1, 0.15) is 17.2 Å². The van der Waals surface area contributed by atoms with Crippen LogP contribution in [-0.4, -0.2) is 15.4 Å². The molecular weight excluding hydrogens is 338 g/mol. The maximum Gasteiger partial charge on any atom is 0.139 e. The lowest BCUT2D eigenvalue weighted by molar-refractivity contribution is 0.749. The van der Waals surface area contributed by atoms with Crippen LogP contribution in [0, 0.1) is 0 Å². The molecule has 3 nitrogen and oxygen atoms in total. The van der Waals surface area contributed by atoms with E-state index in [4.69, 9.17) is 4.98 Å². The number of fused-ring (bicyclic) bond motifs is 1. The molecule has 2 heterocycles. The number of nitrogens with zero attached hydrogens (tertiary/aromatic N) is 2. The van der Waals surface area contributed by atoms with Crippen LogP contribution in [0.25, 0.3) is 16.9 Å². The largest absolute Gasteiger partial charge is 0.367 e. The summed E-state index contributed by atoms with van der Waals surface area (Å²) in [7, 11) is 0. The Balaban J connectivity index is 1.85. The molecule has 0 radical (unpaired) electrons. The molecule has 2 aromatic heterocycles. The van der Waals surface area contributed by atoms with Gasteiger partial charge in [0.05, 0.1) is 0 Å². The first kappa shape index (κ1) is 13.8. The molecule has 22 heavy (non-hydrogen) atoms. The van der Waals surface area contributed by atoms with Crippen molar-refractivity contribution in [3.05, 3.63) is 53.1 Å². The fourth-order valence-electron chi connectivity index (χ4n) is 3.23. The van der Waals surface area contributed by atoms with Gasteiger partial charge in [-0.3, -0.25) is 4.40 Å². The minimum atomic E-state index is 0.561. The Kier molecular flexibility index (Phi) is 3.62. The van der Waals surface area contributed by atoms with E-state index < -0.39 is 0 Å². The SMILES string of the molecule is Brc1cccc(-c2nc3ccccn3c2NC2CCCC2)c1. The Morgan fingerprint density at radius 2 is 1.95 bits per heavy atom. The predicted molar refractivity (Wildman–Crippen MR) is 94.2 cm³/mol. The Bertz CT molecular complexity index is 803. The van der Waals surface area contributed by atoms with E-state index >= 15 is 0 Å². The van der Waals surface area contributed by atoms with Crippen molar-refractivity contribution in [1.29, 1.82) is 0 Å². The monoisotopic (exact) mass is 355 g/mol. The highest BCUT2D eigenvalue weighted by Gasteiger charge is 2.20. The van der Waals surface area contributed by atoms with E-state index in [2.05, 4.69) is 62.2 Å². The van der Waals surface area contributed by atoms with Gasteiger partial charge in [-0.15, -0.1) is 0 Å². The predicted octanol–water partition coefficient (Wildman–Crippen LogP) is 5.12. The van der Waals surface area contributed by atoms with Gasteiger partial charge in [0, 0.05) is 22.3 Å². The second kappa shape index (κ2) is 5.76. The van der Waals surface area contributed by atoms with Crippen LogP contribution in [-0.2, 0) is 0 Å². The summed E-state index contributed by atoms with van der Waals surface area (Å²) < 4.78 is 3.24.